The van der Waals surface area contributed by atoms with Crippen molar-refractivity contribution >= 4 is 0 Å². The van der Waals surface area contributed by atoms with Crippen LogP contribution in [0, 0.1) is 11.7 Å². The Labute approximate surface area is 119 Å². The Kier molecular flexibility index (Phi) is 4.03. The Balaban J connectivity index is 1.69. The Hall–Kier alpha value is -1.00. The van der Waals surface area contributed by atoms with Crippen LogP contribution in [0.1, 0.15) is 50.8 Å². The molecule has 0 bridgehead atoms. The SMILES string of the molecule is CCC1CCC2(CC1)CNCC(c1ccc(F)cn1)O2. The third kappa shape index (κ3) is 2.86. The molecule has 0 aromatic carbocycles. The normalized spacial score (nSPS) is 34.3. The van der Waals surface area contributed by atoms with Crippen LogP contribution in [0.5, 0.6) is 0 Å². The van der Waals surface area contributed by atoms with E-state index in [0.29, 0.717) is 0 Å². The van der Waals surface area contributed by atoms with Gasteiger partial charge < -0.3 is 10.1 Å². The molecule has 2 aliphatic rings. The van der Waals surface area contributed by atoms with Crippen LogP contribution in [0.15, 0.2) is 18.3 Å². The minimum absolute atomic E-state index is 0.0371. The lowest BCUT2D eigenvalue weighted by atomic mass is 9.77. The largest absolute Gasteiger partial charge is 0.363 e. The lowest BCUT2D eigenvalue weighted by Crippen LogP contribution is -2.52. The van der Waals surface area contributed by atoms with Gasteiger partial charge in [0.15, 0.2) is 0 Å². The van der Waals surface area contributed by atoms with Crippen LogP contribution in [-0.4, -0.2) is 23.7 Å². The van der Waals surface area contributed by atoms with Gasteiger partial charge in [-0.25, -0.2) is 4.39 Å². The van der Waals surface area contributed by atoms with Gasteiger partial charge in [-0.2, -0.15) is 0 Å². The summed E-state index contributed by atoms with van der Waals surface area (Å²) in [5.41, 5.74) is 0.792. The lowest BCUT2D eigenvalue weighted by Gasteiger charge is -2.45. The number of nitrogens with one attached hydrogen (secondary N) is 1. The molecule has 2 fully saturated rings. The van der Waals surface area contributed by atoms with E-state index in [-0.39, 0.29) is 17.5 Å². The second-order valence-electron chi connectivity index (χ2n) is 6.17. The van der Waals surface area contributed by atoms with Crippen molar-refractivity contribution in [2.75, 3.05) is 13.1 Å². The van der Waals surface area contributed by atoms with E-state index in [1.165, 1.54) is 31.5 Å². The Morgan fingerprint density at radius 1 is 1.40 bits per heavy atom. The Bertz CT molecular complexity index is 440. The number of rotatable bonds is 2. The molecule has 1 aliphatic carbocycles. The van der Waals surface area contributed by atoms with Gasteiger partial charge in [0.1, 0.15) is 11.9 Å². The fourth-order valence-corrected chi connectivity index (χ4v) is 3.47. The average Bonchev–Trinajstić information content (AvgIpc) is 2.49. The summed E-state index contributed by atoms with van der Waals surface area (Å²) in [4.78, 5) is 4.17. The van der Waals surface area contributed by atoms with E-state index in [1.54, 1.807) is 6.07 Å². The number of ether oxygens (including phenoxy) is 1. The minimum Gasteiger partial charge on any atom is -0.363 e. The first-order chi connectivity index (χ1) is 9.71. The van der Waals surface area contributed by atoms with E-state index in [0.717, 1.165) is 37.5 Å². The van der Waals surface area contributed by atoms with Crippen LogP contribution < -0.4 is 5.32 Å². The van der Waals surface area contributed by atoms with E-state index >= 15 is 0 Å². The maximum Gasteiger partial charge on any atom is 0.141 e. The molecule has 0 radical (unpaired) electrons. The quantitative estimate of drug-likeness (QED) is 0.902. The summed E-state index contributed by atoms with van der Waals surface area (Å²) < 4.78 is 19.4. The van der Waals surface area contributed by atoms with E-state index in [9.17, 15) is 4.39 Å². The third-order valence-electron chi connectivity index (χ3n) is 4.84. The summed E-state index contributed by atoms with van der Waals surface area (Å²) in [7, 11) is 0. The van der Waals surface area contributed by atoms with Gasteiger partial charge in [-0.15, -0.1) is 0 Å². The van der Waals surface area contributed by atoms with Gasteiger partial charge in [0.2, 0.25) is 0 Å². The highest BCUT2D eigenvalue weighted by Gasteiger charge is 2.40. The molecule has 1 aromatic rings. The molecular formula is C16H23FN2O. The van der Waals surface area contributed by atoms with Crippen molar-refractivity contribution in [3.63, 3.8) is 0 Å². The molecular weight excluding hydrogens is 255 g/mol. The molecule has 110 valence electrons. The summed E-state index contributed by atoms with van der Waals surface area (Å²) in [6.07, 6.45) is 7.23. The van der Waals surface area contributed by atoms with Crippen molar-refractivity contribution < 1.29 is 9.13 Å². The number of halogens is 1. The molecule has 2 heterocycles. The molecule has 1 aromatic heterocycles. The van der Waals surface area contributed by atoms with E-state index in [4.69, 9.17) is 4.74 Å². The molecule has 1 unspecified atom stereocenters. The molecule has 1 N–H and O–H groups in total. The summed E-state index contributed by atoms with van der Waals surface area (Å²) in [6.45, 7) is 3.96. The van der Waals surface area contributed by atoms with Crippen LogP contribution >= 0.6 is 0 Å². The molecule has 3 nitrogen and oxygen atoms in total. The van der Waals surface area contributed by atoms with Crippen LogP contribution in [0.3, 0.4) is 0 Å². The second kappa shape index (κ2) is 5.78. The predicted octanol–water partition coefficient (Wildman–Crippen LogP) is 3.22. The highest BCUT2D eigenvalue weighted by atomic mass is 19.1. The number of hydrogen-bond acceptors (Lipinski definition) is 3. The van der Waals surface area contributed by atoms with Gasteiger partial charge in [0.25, 0.3) is 0 Å². The Morgan fingerprint density at radius 2 is 2.20 bits per heavy atom. The highest BCUT2D eigenvalue weighted by Crippen LogP contribution is 2.40. The monoisotopic (exact) mass is 278 g/mol. The van der Waals surface area contributed by atoms with Gasteiger partial charge in [-0.3, -0.25) is 4.98 Å². The molecule has 20 heavy (non-hydrogen) atoms. The fourth-order valence-electron chi connectivity index (χ4n) is 3.47. The third-order valence-corrected chi connectivity index (χ3v) is 4.84. The molecule has 1 spiro atoms. The van der Waals surface area contributed by atoms with E-state index in [1.807, 2.05) is 0 Å². The van der Waals surface area contributed by atoms with Crippen molar-refractivity contribution in [3.05, 3.63) is 29.8 Å². The first kappa shape index (κ1) is 14.0. The summed E-state index contributed by atoms with van der Waals surface area (Å²) in [6, 6.07) is 3.19. The first-order valence-corrected chi connectivity index (χ1v) is 7.71. The summed E-state index contributed by atoms with van der Waals surface area (Å²) in [5, 5.41) is 3.48. The number of hydrogen-bond donors (Lipinski definition) is 1. The number of nitrogens with zero attached hydrogens (tertiary/aromatic N) is 1. The van der Waals surface area contributed by atoms with E-state index < -0.39 is 0 Å². The fraction of sp³-hybridized carbons (Fsp3) is 0.688. The molecule has 1 saturated carbocycles. The van der Waals surface area contributed by atoms with Crippen molar-refractivity contribution in [3.8, 4) is 0 Å². The van der Waals surface area contributed by atoms with Crippen LogP contribution in [0.25, 0.3) is 0 Å². The molecule has 1 aliphatic heterocycles. The van der Waals surface area contributed by atoms with E-state index in [2.05, 4.69) is 17.2 Å². The number of aromatic nitrogens is 1. The first-order valence-electron chi connectivity index (χ1n) is 7.71. The zero-order valence-corrected chi connectivity index (χ0v) is 12.1. The number of morpholine rings is 1. The van der Waals surface area contributed by atoms with Gasteiger partial charge in [0.05, 0.1) is 17.5 Å². The molecule has 1 saturated heterocycles. The summed E-state index contributed by atoms with van der Waals surface area (Å²) >= 11 is 0. The van der Waals surface area contributed by atoms with Gasteiger partial charge in [-0.1, -0.05) is 13.3 Å². The molecule has 1 atom stereocenters. The van der Waals surface area contributed by atoms with Gasteiger partial charge in [0, 0.05) is 13.1 Å². The van der Waals surface area contributed by atoms with Crippen molar-refractivity contribution in [2.45, 2.75) is 50.7 Å². The maximum atomic E-state index is 13.0. The summed E-state index contributed by atoms with van der Waals surface area (Å²) in [5.74, 6) is 0.559. The lowest BCUT2D eigenvalue weighted by molar-refractivity contribution is -0.142. The van der Waals surface area contributed by atoms with Crippen molar-refractivity contribution in [2.24, 2.45) is 5.92 Å². The van der Waals surface area contributed by atoms with Crippen LogP contribution in [0.2, 0.25) is 0 Å². The zero-order valence-electron chi connectivity index (χ0n) is 12.1. The highest BCUT2D eigenvalue weighted by molar-refractivity contribution is 5.10. The van der Waals surface area contributed by atoms with Gasteiger partial charge in [-0.05, 0) is 43.7 Å². The minimum atomic E-state index is -0.296. The zero-order chi connectivity index (χ0) is 14.0. The number of pyridine rings is 1. The molecule has 0 amide bonds. The molecule has 4 heteroatoms. The predicted molar refractivity (Wildman–Crippen MR) is 75.9 cm³/mol. The second-order valence-corrected chi connectivity index (χ2v) is 6.17. The van der Waals surface area contributed by atoms with Crippen LogP contribution in [0.4, 0.5) is 4.39 Å². The van der Waals surface area contributed by atoms with Gasteiger partial charge >= 0.3 is 0 Å². The van der Waals surface area contributed by atoms with Crippen molar-refractivity contribution in [1.29, 1.82) is 0 Å². The Morgan fingerprint density at radius 3 is 2.85 bits per heavy atom. The average molecular weight is 278 g/mol. The standard InChI is InChI=1S/C16H23FN2O/c1-2-12-5-7-16(8-6-12)11-18-10-15(20-16)14-4-3-13(17)9-19-14/h3-4,9,12,15,18H,2,5-8,10-11H2,1H3. The van der Waals surface area contributed by atoms with Crippen LogP contribution in [-0.2, 0) is 4.74 Å². The molecule has 3 rings (SSSR count). The smallest absolute Gasteiger partial charge is 0.141 e. The van der Waals surface area contributed by atoms with Crippen molar-refractivity contribution in [1.82, 2.24) is 10.3 Å². The maximum absolute atomic E-state index is 13.0. The topological polar surface area (TPSA) is 34.2 Å².